The Balaban J connectivity index is 2.15. The topological polar surface area (TPSA) is 98.8 Å². The fourth-order valence-corrected chi connectivity index (χ4v) is 3.61. The molecule has 0 saturated heterocycles. The number of ether oxygens (including phenoxy) is 2. The van der Waals surface area contributed by atoms with Crippen LogP contribution in [-0.2, 0) is 24.2 Å². The molecule has 0 aliphatic rings. The zero-order chi connectivity index (χ0) is 19.2. The number of carbonyl (C=O) groups is 2. The molecule has 2 aromatic rings. The molecule has 0 aromatic heterocycles. The van der Waals surface area contributed by atoms with Gasteiger partial charge in [0.2, 0.25) is 5.91 Å². The van der Waals surface area contributed by atoms with E-state index >= 15 is 0 Å². The van der Waals surface area contributed by atoms with Crippen LogP contribution in [0.3, 0.4) is 0 Å². The number of methoxy groups -OCH3 is 1. The van der Waals surface area contributed by atoms with Gasteiger partial charge in [-0.05, 0) is 36.4 Å². The van der Waals surface area contributed by atoms with Crippen LogP contribution in [-0.4, -0.2) is 39.2 Å². The van der Waals surface area contributed by atoms with Crippen LogP contribution in [0.4, 0.5) is 0 Å². The van der Waals surface area contributed by atoms with Gasteiger partial charge in [-0.15, -0.1) is 0 Å². The van der Waals surface area contributed by atoms with Gasteiger partial charge in [0.25, 0.3) is 0 Å². The fourth-order valence-electron chi connectivity index (χ4n) is 2.21. The molecular formula is C18H19NO6S. The third kappa shape index (κ3) is 5.32. The molecule has 0 saturated carbocycles. The number of sulfone groups is 1. The number of amides is 1. The van der Waals surface area contributed by atoms with Crippen molar-refractivity contribution >= 4 is 21.7 Å². The van der Waals surface area contributed by atoms with Crippen LogP contribution < -0.4 is 10.1 Å². The molecule has 26 heavy (non-hydrogen) atoms. The fraction of sp³-hybridized carbons (Fsp3) is 0.222. The van der Waals surface area contributed by atoms with Crippen molar-refractivity contribution in [2.24, 2.45) is 0 Å². The lowest BCUT2D eigenvalue weighted by Crippen LogP contribution is -2.45. The number of rotatable bonds is 7. The maximum Gasteiger partial charge on any atom is 0.329 e. The molecule has 7 nitrogen and oxygen atoms in total. The van der Waals surface area contributed by atoms with E-state index in [0.717, 1.165) is 7.11 Å². The summed E-state index contributed by atoms with van der Waals surface area (Å²) in [5.41, 5.74) is 0. The first-order chi connectivity index (χ1) is 12.3. The quantitative estimate of drug-likeness (QED) is 0.741. The molecule has 2 rings (SSSR count). The predicted molar refractivity (Wildman–Crippen MR) is 94.6 cm³/mol. The monoisotopic (exact) mass is 377 g/mol. The summed E-state index contributed by atoms with van der Waals surface area (Å²) in [6.07, 6.45) is 0. The van der Waals surface area contributed by atoms with E-state index in [1.807, 2.05) is 18.2 Å². The van der Waals surface area contributed by atoms with Crippen molar-refractivity contribution in [3.63, 3.8) is 0 Å². The van der Waals surface area contributed by atoms with Crippen molar-refractivity contribution in [1.82, 2.24) is 5.32 Å². The van der Waals surface area contributed by atoms with E-state index in [4.69, 9.17) is 4.74 Å². The normalized spacial score (nSPS) is 12.1. The summed E-state index contributed by atoms with van der Waals surface area (Å²) in [6.45, 7) is 1.19. The van der Waals surface area contributed by atoms with Crippen LogP contribution in [0.5, 0.6) is 11.5 Å². The third-order valence-corrected chi connectivity index (χ3v) is 5.17. The highest BCUT2D eigenvalue weighted by atomic mass is 32.2. The van der Waals surface area contributed by atoms with Crippen LogP contribution in [0, 0.1) is 0 Å². The summed E-state index contributed by atoms with van der Waals surface area (Å²) < 4.78 is 35.2. The second kappa shape index (κ2) is 8.48. The summed E-state index contributed by atoms with van der Waals surface area (Å²) in [6, 6.07) is 13.6. The third-order valence-electron chi connectivity index (χ3n) is 3.41. The van der Waals surface area contributed by atoms with Crippen molar-refractivity contribution in [2.45, 2.75) is 17.9 Å². The Labute approximate surface area is 151 Å². The largest absolute Gasteiger partial charge is 0.467 e. The number of para-hydroxylation sites is 1. The number of benzene rings is 2. The molecule has 8 heteroatoms. The van der Waals surface area contributed by atoms with Gasteiger partial charge in [0.1, 0.15) is 17.5 Å². The van der Waals surface area contributed by atoms with Gasteiger partial charge >= 0.3 is 5.97 Å². The molecule has 1 atom stereocenters. The lowest BCUT2D eigenvalue weighted by molar-refractivity contribution is -0.144. The van der Waals surface area contributed by atoms with E-state index in [9.17, 15) is 18.0 Å². The number of esters is 1. The molecule has 0 aliphatic carbocycles. The van der Waals surface area contributed by atoms with Crippen molar-refractivity contribution in [1.29, 1.82) is 0 Å². The van der Waals surface area contributed by atoms with E-state index in [-0.39, 0.29) is 4.90 Å². The number of hydrogen-bond acceptors (Lipinski definition) is 6. The van der Waals surface area contributed by atoms with E-state index in [0.29, 0.717) is 11.5 Å². The van der Waals surface area contributed by atoms with Gasteiger partial charge in [0.15, 0.2) is 9.84 Å². The van der Waals surface area contributed by atoms with E-state index in [2.05, 4.69) is 10.1 Å². The van der Waals surface area contributed by atoms with Crippen LogP contribution in [0.15, 0.2) is 59.5 Å². The lowest BCUT2D eigenvalue weighted by Gasteiger charge is -2.15. The Hall–Kier alpha value is -2.87. The SMILES string of the molecule is COC(=O)C(CS(=O)(=O)c1ccc(Oc2ccccc2)cc1)NC(C)=O. The Morgan fingerprint density at radius 2 is 1.58 bits per heavy atom. The smallest absolute Gasteiger partial charge is 0.329 e. The lowest BCUT2D eigenvalue weighted by atomic mass is 10.3. The molecule has 0 heterocycles. The second-order valence-electron chi connectivity index (χ2n) is 5.44. The first-order valence-corrected chi connectivity index (χ1v) is 9.37. The standard InChI is InChI=1S/C18H19NO6S/c1-13(20)19-17(18(21)24-2)12-26(22,23)16-10-8-15(9-11-16)25-14-6-4-3-5-7-14/h3-11,17H,12H2,1-2H3,(H,19,20). The average molecular weight is 377 g/mol. The minimum absolute atomic E-state index is 0.0113. The molecule has 0 bridgehead atoms. The van der Waals surface area contributed by atoms with E-state index in [1.165, 1.54) is 31.2 Å². The van der Waals surface area contributed by atoms with Crippen LogP contribution >= 0.6 is 0 Å². The first kappa shape index (κ1) is 19.5. The van der Waals surface area contributed by atoms with E-state index < -0.39 is 33.5 Å². The van der Waals surface area contributed by atoms with Gasteiger partial charge in [0, 0.05) is 6.92 Å². The summed E-state index contributed by atoms with van der Waals surface area (Å²) >= 11 is 0. The number of carbonyl (C=O) groups excluding carboxylic acids is 2. The molecule has 0 radical (unpaired) electrons. The Morgan fingerprint density at radius 1 is 1.00 bits per heavy atom. The molecular weight excluding hydrogens is 358 g/mol. The minimum Gasteiger partial charge on any atom is -0.467 e. The number of nitrogens with one attached hydrogen (secondary N) is 1. The van der Waals surface area contributed by atoms with Gasteiger partial charge in [-0.2, -0.15) is 0 Å². The minimum atomic E-state index is -3.82. The summed E-state index contributed by atoms with van der Waals surface area (Å²) in [4.78, 5) is 22.9. The van der Waals surface area contributed by atoms with Crippen molar-refractivity contribution in [2.75, 3.05) is 12.9 Å². The number of hydrogen-bond donors (Lipinski definition) is 1. The predicted octanol–water partition coefficient (Wildman–Crippen LogP) is 1.93. The highest BCUT2D eigenvalue weighted by Crippen LogP contribution is 2.23. The summed E-state index contributed by atoms with van der Waals surface area (Å²) in [5, 5.41) is 2.28. The van der Waals surface area contributed by atoms with Crippen molar-refractivity contribution in [3.05, 3.63) is 54.6 Å². The highest BCUT2D eigenvalue weighted by molar-refractivity contribution is 7.91. The van der Waals surface area contributed by atoms with E-state index in [1.54, 1.807) is 12.1 Å². The van der Waals surface area contributed by atoms with Gasteiger partial charge in [-0.25, -0.2) is 13.2 Å². The van der Waals surface area contributed by atoms with Gasteiger partial charge in [0.05, 0.1) is 17.8 Å². The van der Waals surface area contributed by atoms with Crippen LogP contribution in [0.2, 0.25) is 0 Å². The maximum atomic E-state index is 12.5. The zero-order valence-corrected chi connectivity index (χ0v) is 15.2. The molecule has 0 spiro atoms. The molecule has 2 aromatic carbocycles. The average Bonchev–Trinajstić information content (AvgIpc) is 2.61. The highest BCUT2D eigenvalue weighted by Gasteiger charge is 2.28. The summed E-state index contributed by atoms with van der Waals surface area (Å²) in [7, 11) is -2.70. The van der Waals surface area contributed by atoms with Gasteiger partial charge in [-0.1, -0.05) is 18.2 Å². The summed E-state index contributed by atoms with van der Waals surface area (Å²) in [5.74, 6) is -0.853. The molecule has 1 amide bonds. The molecule has 138 valence electrons. The van der Waals surface area contributed by atoms with Crippen molar-refractivity contribution in [3.8, 4) is 11.5 Å². The molecule has 1 N–H and O–H groups in total. The molecule has 0 aliphatic heterocycles. The Kier molecular flexibility index (Phi) is 6.35. The van der Waals surface area contributed by atoms with Gasteiger partial charge < -0.3 is 14.8 Å². The molecule has 1 unspecified atom stereocenters. The van der Waals surface area contributed by atoms with Gasteiger partial charge in [-0.3, -0.25) is 4.79 Å². The zero-order valence-electron chi connectivity index (χ0n) is 14.3. The Bertz CT molecular complexity index is 862. The second-order valence-corrected chi connectivity index (χ2v) is 7.48. The molecule has 0 fully saturated rings. The van der Waals surface area contributed by atoms with Crippen LogP contribution in [0.25, 0.3) is 0 Å². The van der Waals surface area contributed by atoms with Crippen LogP contribution in [0.1, 0.15) is 6.92 Å². The Morgan fingerprint density at radius 3 is 2.12 bits per heavy atom. The van der Waals surface area contributed by atoms with Crippen molar-refractivity contribution < 1.29 is 27.5 Å². The maximum absolute atomic E-state index is 12.5. The first-order valence-electron chi connectivity index (χ1n) is 7.72.